The molecule has 0 atom stereocenters. The highest BCUT2D eigenvalue weighted by molar-refractivity contribution is 7.16. The normalized spacial score (nSPS) is 11.0. The van der Waals surface area contributed by atoms with Crippen LogP contribution in [0.1, 0.15) is 17.6 Å². The number of aryl methyl sites for hydroxylation is 2. The number of nitrogen functional groups attached to an aromatic ring is 1. The van der Waals surface area contributed by atoms with E-state index in [1.54, 1.807) is 6.92 Å². The minimum absolute atomic E-state index is 0.176. The van der Waals surface area contributed by atoms with Crippen LogP contribution in [-0.4, -0.2) is 14.6 Å². The summed E-state index contributed by atoms with van der Waals surface area (Å²) in [5.74, 6) is 0. The highest BCUT2D eigenvalue weighted by Crippen LogP contribution is 2.13. The summed E-state index contributed by atoms with van der Waals surface area (Å²) in [6.45, 7) is 3.71. The Balaban J connectivity index is 2.88. The molecule has 0 aromatic carbocycles. The zero-order valence-electron chi connectivity index (χ0n) is 7.94. The molecule has 0 radical (unpaired) electrons. The van der Waals surface area contributed by atoms with Gasteiger partial charge in [-0.25, -0.2) is 4.98 Å². The van der Waals surface area contributed by atoms with E-state index in [1.165, 1.54) is 15.9 Å². The van der Waals surface area contributed by atoms with E-state index in [0.29, 0.717) is 10.7 Å². The Morgan fingerprint density at radius 1 is 1.57 bits per heavy atom. The van der Waals surface area contributed by atoms with Gasteiger partial charge in [-0.05, 0) is 13.3 Å². The lowest BCUT2D eigenvalue weighted by Gasteiger charge is -1.96. The third-order valence-electron chi connectivity index (χ3n) is 1.98. The Labute approximate surface area is 84.2 Å². The SMILES string of the molecule is CCc1nn2c(=O)c(N)c(C)nc2s1. The van der Waals surface area contributed by atoms with Gasteiger partial charge in [-0.3, -0.25) is 4.79 Å². The lowest BCUT2D eigenvalue weighted by molar-refractivity contribution is 0.857. The maximum absolute atomic E-state index is 11.6. The number of aromatic nitrogens is 3. The molecule has 2 aromatic rings. The minimum Gasteiger partial charge on any atom is -0.393 e. The molecule has 6 heteroatoms. The van der Waals surface area contributed by atoms with Gasteiger partial charge in [0, 0.05) is 0 Å². The van der Waals surface area contributed by atoms with E-state index in [-0.39, 0.29) is 11.2 Å². The molecular formula is C8H10N4OS. The molecule has 5 nitrogen and oxygen atoms in total. The van der Waals surface area contributed by atoms with Crippen molar-refractivity contribution < 1.29 is 0 Å². The molecule has 2 N–H and O–H groups in total. The van der Waals surface area contributed by atoms with Crippen molar-refractivity contribution in [1.29, 1.82) is 0 Å². The highest BCUT2D eigenvalue weighted by atomic mass is 32.1. The fraction of sp³-hybridized carbons (Fsp3) is 0.375. The molecule has 0 aliphatic carbocycles. The molecule has 74 valence electrons. The van der Waals surface area contributed by atoms with E-state index < -0.39 is 0 Å². The Kier molecular flexibility index (Phi) is 1.99. The molecule has 2 rings (SSSR count). The molecule has 2 aromatic heterocycles. The average Bonchev–Trinajstić information content (AvgIpc) is 2.57. The number of nitrogens with two attached hydrogens (primary N) is 1. The maximum atomic E-state index is 11.6. The molecule has 0 amide bonds. The molecule has 0 saturated heterocycles. The van der Waals surface area contributed by atoms with Crippen molar-refractivity contribution in [2.45, 2.75) is 20.3 Å². The van der Waals surface area contributed by atoms with Crippen LogP contribution in [0, 0.1) is 6.92 Å². The van der Waals surface area contributed by atoms with Crippen molar-refractivity contribution in [2.24, 2.45) is 0 Å². The molecule has 0 aliphatic rings. The molecule has 0 unspecified atom stereocenters. The van der Waals surface area contributed by atoms with Gasteiger partial charge >= 0.3 is 0 Å². The third-order valence-corrected chi connectivity index (χ3v) is 3.03. The average molecular weight is 210 g/mol. The van der Waals surface area contributed by atoms with Crippen molar-refractivity contribution in [3.05, 3.63) is 21.1 Å². The van der Waals surface area contributed by atoms with Gasteiger partial charge in [-0.2, -0.15) is 9.61 Å². The van der Waals surface area contributed by atoms with Crippen LogP contribution in [0.3, 0.4) is 0 Å². The van der Waals surface area contributed by atoms with E-state index in [9.17, 15) is 4.79 Å². The number of nitrogens with zero attached hydrogens (tertiary/aromatic N) is 3. The number of hydrogen-bond donors (Lipinski definition) is 1. The number of hydrogen-bond acceptors (Lipinski definition) is 5. The van der Waals surface area contributed by atoms with E-state index in [1.807, 2.05) is 6.92 Å². The topological polar surface area (TPSA) is 73.3 Å². The van der Waals surface area contributed by atoms with Crippen LogP contribution in [0.15, 0.2) is 4.79 Å². The van der Waals surface area contributed by atoms with Gasteiger partial charge < -0.3 is 5.73 Å². The fourth-order valence-corrected chi connectivity index (χ4v) is 2.01. The first kappa shape index (κ1) is 9.14. The Bertz CT molecular complexity index is 542. The van der Waals surface area contributed by atoms with Crippen molar-refractivity contribution in [3.63, 3.8) is 0 Å². The molecule has 2 heterocycles. The van der Waals surface area contributed by atoms with Crippen LogP contribution in [-0.2, 0) is 6.42 Å². The summed E-state index contributed by atoms with van der Waals surface area (Å²) >= 11 is 1.42. The fourth-order valence-electron chi connectivity index (χ4n) is 1.14. The maximum Gasteiger partial charge on any atom is 0.298 e. The number of anilines is 1. The monoisotopic (exact) mass is 210 g/mol. The van der Waals surface area contributed by atoms with Crippen LogP contribution in [0.25, 0.3) is 4.96 Å². The molecule has 0 fully saturated rings. The molecule has 0 bridgehead atoms. The lowest BCUT2D eigenvalue weighted by Crippen LogP contribution is -2.20. The van der Waals surface area contributed by atoms with Gasteiger partial charge in [-0.15, -0.1) is 0 Å². The summed E-state index contributed by atoms with van der Waals surface area (Å²) in [5.41, 5.74) is 6.04. The standard InChI is InChI=1S/C8H10N4OS/c1-3-5-11-12-7(13)6(9)4(2)10-8(12)14-5/h3,9H2,1-2H3. The zero-order valence-corrected chi connectivity index (χ0v) is 8.76. The van der Waals surface area contributed by atoms with Gasteiger partial charge in [0.05, 0.1) is 5.69 Å². The molecule has 14 heavy (non-hydrogen) atoms. The van der Waals surface area contributed by atoms with Crippen molar-refractivity contribution in [3.8, 4) is 0 Å². The first-order chi connectivity index (χ1) is 6.63. The Morgan fingerprint density at radius 2 is 2.29 bits per heavy atom. The van der Waals surface area contributed by atoms with E-state index >= 15 is 0 Å². The Hall–Kier alpha value is -1.43. The zero-order chi connectivity index (χ0) is 10.3. The first-order valence-corrected chi connectivity index (χ1v) is 5.10. The molecule has 0 saturated carbocycles. The van der Waals surface area contributed by atoms with Gasteiger partial charge in [0.25, 0.3) is 5.56 Å². The van der Waals surface area contributed by atoms with Crippen LogP contribution in [0.4, 0.5) is 5.69 Å². The predicted molar refractivity (Wildman–Crippen MR) is 55.7 cm³/mol. The first-order valence-electron chi connectivity index (χ1n) is 4.28. The van der Waals surface area contributed by atoms with E-state index in [0.717, 1.165) is 11.4 Å². The van der Waals surface area contributed by atoms with E-state index in [4.69, 9.17) is 5.73 Å². The van der Waals surface area contributed by atoms with Crippen LogP contribution >= 0.6 is 11.3 Å². The van der Waals surface area contributed by atoms with Gasteiger partial charge in [0.2, 0.25) is 4.96 Å². The van der Waals surface area contributed by atoms with Crippen molar-refractivity contribution in [2.75, 3.05) is 5.73 Å². The number of rotatable bonds is 1. The minimum atomic E-state index is -0.275. The summed E-state index contributed by atoms with van der Waals surface area (Å²) < 4.78 is 1.27. The summed E-state index contributed by atoms with van der Waals surface area (Å²) in [4.78, 5) is 16.4. The summed E-state index contributed by atoms with van der Waals surface area (Å²) in [6, 6.07) is 0. The van der Waals surface area contributed by atoms with Crippen LogP contribution < -0.4 is 11.3 Å². The largest absolute Gasteiger partial charge is 0.393 e. The highest BCUT2D eigenvalue weighted by Gasteiger charge is 2.10. The van der Waals surface area contributed by atoms with Gasteiger partial charge in [0.15, 0.2) is 0 Å². The second-order valence-corrected chi connectivity index (χ2v) is 4.00. The second kappa shape index (κ2) is 3.06. The van der Waals surface area contributed by atoms with Gasteiger partial charge in [0.1, 0.15) is 10.7 Å². The van der Waals surface area contributed by atoms with E-state index in [2.05, 4.69) is 10.1 Å². The van der Waals surface area contributed by atoms with Crippen molar-refractivity contribution >= 4 is 22.0 Å². The third kappa shape index (κ3) is 1.19. The molecular weight excluding hydrogens is 200 g/mol. The quantitative estimate of drug-likeness (QED) is 0.748. The molecule has 0 aliphatic heterocycles. The van der Waals surface area contributed by atoms with Crippen LogP contribution in [0.2, 0.25) is 0 Å². The smallest absolute Gasteiger partial charge is 0.298 e. The summed E-state index contributed by atoms with van der Waals surface area (Å²) in [6.07, 6.45) is 0.798. The lowest BCUT2D eigenvalue weighted by atomic mass is 10.4. The predicted octanol–water partition coefficient (Wildman–Crippen LogP) is 0.604. The van der Waals surface area contributed by atoms with Crippen molar-refractivity contribution in [1.82, 2.24) is 14.6 Å². The van der Waals surface area contributed by atoms with Crippen LogP contribution in [0.5, 0.6) is 0 Å². The molecule has 0 spiro atoms. The van der Waals surface area contributed by atoms with Gasteiger partial charge in [-0.1, -0.05) is 18.3 Å². The Morgan fingerprint density at radius 3 is 2.93 bits per heavy atom. The second-order valence-electron chi connectivity index (χ2n) is 2.96. The summed E-state index contributed by atoms with van der Waals surface area (Å²) in [5, 5.41) is 5.00. The number of fused-ring (bicyclic) bond motifs is 1. The summed E-state index contributed by atoms with van der Waals surface area (Å²) in [7, 11) is 0.